The molecule has 1 fully saturated rings. The van der Waals surface area contributed by atoms with Crippen LogP contribution in [0.25, 0.3) is 0 Å². The lowest BCUT2D eigenvalue weighted by molar-refractivity contribution is -0.143. The first-order valence-electron chi connectivity index (χ1n) is 7.50. The zero-order chi connectivity index (χ0) is 15.1. The highest BCUT2D eigenvalue weighted by molar-refractivity contribution is 5.70. The third-order valence-electron chi connectivity index (χ3n) is 3.67. The second-order valence-corrected chi connectivity index (χ2v) is 5.21. The first-order valence-corrected chi connectivity index (χ1v) is 7.50. The SMILES string of the molecule is CCOc1ccccc1OCCN1CCCC(C(=O)O)C1. The van der Waals surface area contributed by atoms with E-state index in [1.54, 1.807) is 0 Å². The summed E-state index contributed by atoms with van der Waals surface area (Å²) < 4.78 is 11.3. The summed E-state index contributed by atoms with van der Waals surface area (Å²) in [4.78, 5) is 13.2. The number of aliphatic carboxylic acids is 1. The predicted molar refractivity (Wildman–Crippen MR) is 79.9 cm³/mol. The Balaban J connectivity index is 1.80. The molecular weight excluding hydrogens is 270 g/mol. The molecule has 0 amide bonds. The summed E-state index contributed by atoms with van der Waals surface area (Å²) in [5.41, 5.74) is 0. The Hall–Kier alpha value is -1.75. The van der Waals surface area contributed by atoms with Gasteiger partial charge in [0.2, 0.25) is 0 Å². The summed E-state index contributed by atoms with van der Waals surface area (Å²) >= 11 is 0. The van der Waals surface area contributed by atoms with Gasteiger partial charge in [0.15, 0.2) is 11.5 Å². The van der Waals surface area contributed by atoms with Crippen LogP contribution in [0.3, 0.4) is 0 Å². The van der Waals surface area contributed by atoms with E-state index in [-0.39, 0.29) is 5.92 Å². The van der Waals surface area contributed by atoms with Gasteiger partial charge in [0, 0.05) is 13.1 Å². The molecular formula is C16H23NO4. The molecule has 0 radical (unpaired) electrons. The number of rotatable bonds is 7. The molecule has 1 aromatic rings. The quantitative estimate of drug-likeness (QED) is 0.835. The second kappa shape index (κ2) is 7.88. The smallest absolute Gasteiger partial charge is 0.307 e. The monoisotopic (exact) mass is 293 g/mol. The van der Waals surface area contributed by atoms with Gasteiger partial charge in [-0.3, -0.25) is 9.69 Å². The van der Waals surface area contributed by atoms with Gasteiger partial charge in [-0.25, -0.2) is 0 Å². The molecule has 116 valence electrons. The summed E-state index contributed by atoms with van der Waals surface area (Å²) in [6.07, 6.45) is 1.71. The minimum absolute atomic E-state index is 0.241. The lowest BCUT2D eigenvalue weighted by Crippen LogP contribution is -2.40. The van der Waals surface area contributed by atoms with E-state index in [0.29, 0.717) is 19.8 Å². The number of hydrogen-bond donors (Lipinski definition) is 1. The van der Waals surface area contributed by atoms with Crippen molar-refractivity contribution in [2.75, 3.05) is 32.8 Å². The van der Waals surface area contributed by atoms with Crippen molar-refractivity contribution >= 4 is 5.97 Å². The number of carbonyl (C=O) groups is 1. The topological polar surface area (TPSA) is 59.0 Å². The average molecular weight is 293 g/mol. The number of benzene rings is 1. The third-order valence-corrected chi connectivity index (χ3v) is 3.67. The van der Waals surface area contributed by atoms with Crippen LogP contribution < -0.4 is 9.47 Å². The van der Waals surface area contributed by atoms with E-state index >= 15 is 0 Å². The molecule has 1 unspecified atom stereocenters. The van der Waals surface area contributed by atoms with Gasteiger partial charge in [0.05, 0.1) is 12.5 Å². The van der Waals surface area contributed by atoms with E-state index in [0.717, 1.165) is 37.4 Å². The second-order valence-electron chi connectivity index (χ2n) is 5.21. The molecule has 2 rings (SSSR count). The van der Waals surface area contributed by atoms with Crippen LogP contribution in [-0.4, -0.2) is 48.8 Å². The Morgan fingerprint density at radius 3 is 2.71 bits per heavy atom. The Kier molecular flexibility index (Phi) is 5.87. The molecule has 1 aromatic carbocycles. The van der Waals surface area contributed by atoms with Gasteiger partial charge in [-0.05, 0) is 38.4 Å². The summed E-state index contributed by atoms with van der Waals surface area (Å²) in [6, 6.07) is 7.61. The maximum absolute atomic E-state index is 11.0. The highest BCUT2D eigenvalue weighted by atomic mass is 16.5. The number of ether oxygens (including phenoxy) is 2. The number of hydrogen-bond acceptors (Lipinski definition) is 4. The van der Waals surface area contributed by atoms with Crippen molar-refractivity contribution in [3.8, 4) is 11.5 Å². The molecule has 0 aliphatic carbocycles. The highest BCUT2D eigenvalue weighted by Gasteiger charge is 2.24. The number of para-hydroxylation sites is 2. The Morgan fingerprint density at radius 1 is 1.33 bits per heavy atom. The fourth-order valence-corrected chi connectivity index (χ4v) is 2.59. The molecule has 0 bridgehead atoms. The Bertz CT molecular complexity index is 463. The molecule has 1 aliphatic heterocycles. The predicted octanol–water partition coefficient (Wildman–Crippen LogP) is 2.26. The van der Waals surface area contributed by atoms with E-state index in [9.17, 15) is 4.79 Å². The molecule has 0 saturated carbocycles. The van der Waals surface area contributed by atoms with Gasteiger partial charge in [-0.15, -0.1) is 0 Å². The van der Waals surface area contributed by atoms with Crippen LogP contribution in [-0.2, 0) is 4.79 Å². The van der Waals surface area contributed by atoms with E-state index in [1.165, 1.54) is 0 Å². The van der Waals surface area contributed by atoms with E-state index in [2.05, 4.69) is 4.90 Å². The Labute approximate surface area is 125 Å². The largest absolute Gasteiger partial charge is 0.490 e. The van der Waals surface area contributed by atoms with E-state index in [4.69, 9.17) is 14.6 Å². The first kappa shape index (κ1) is 15.6. The van der Waals surface area contributed by atoms with Crippen molar-refractivity contribution in [1.82, 2.24) is 4.90 Å². The summed E-state index contributed by atoms with van der Waals surface area (Å²) in [7, 11) is 0. The minimum atomic E-state index is -0.692. The fourth-order valence-electron chi connectivity index (χ4n) is 2.59. The van der Waals surface area contributed by atoms with Gasteiger partial charge in [0.25, 0.3) is 0 Å². The third kappa shape index (κ3) is 4.63. The maximum atomic E-state index is 11.0. The van der Waals surface area contributed by atoms with Crippen molar-refractivity contribution in [3.63, 3.8) is 0 Å². The number of piperidine rings is 1. The highest BCUT2D eigenvalue weighted by Crippen LogP contribution is 2.26. The molecule has 1 heterocycles. The number of carboxylic acids is 1. The van der Waals surface area contributed by atoms with Gasteiger partial charge in [0.1, 0.15) is 6.61 Å². The van der Waals surface area contributed by atoms with Crippen molar-refractivity contribution in [2.45, 2.75) is 19.8 Å². The van der Waals surface area contributed by atoms with Crippen molar-refractivity contribution in [3.05, 3.63) is 24.3 Å². The maximum Gasteiger partial charge on any atom is 0.307 e. The Morgan fingerprint density at radius 2 is 2.05 bits per heavy atom. The lowest BCUT2D eigenvalue weighted by Gasteiger charge is -2.30. The molecule has 1 saturated heterocycles. The van der Waals surface area contributed by atoms with Gasteiger partial charge >= 0.3 is 5.97 Å². The fraction of sp³-hybridized carbons (Fsp3) is 0.562. The van der Waals surface area contributed by atoms with Crippen LogP contribution in [0.2, 0.25) is 0 Å². The molecule has 0 aromatic heterocycles. The van der Waals surface area contributed by atoms with Gasteiger partial charge in [-0.1, -0.05) is 12.1 Å². The van der Waals surface area contributed by atoms with Crippen LogP contribution in [0, 0.1) is 5.92 Å². The van der Waals surface area contributed by atoms with Crippen LogP contribution in [0.1, 0.15) is 19.8 Å². The van der Waals surface area contributed by atoms with Crippen LogP contribution in [0.5, 0.6) is 11.5 Å². The molecule has 1 atom stereocenters. The first-order chi connectivity index (χ1) is 10.2. The standard InChI is InChI=1S/C16H23NO4/c1-2-20-14-7-3-4-8-15(14)21-11-10-17-9-5-6-13(12-17)16(18)19/h3-4,7-8,13H,2,5-6,9-12H2,1H3,(H,18,19). The lowest BCUT2D eigenvalue weighted by atomic mass is 9.98. The summed E-state index contributed by atoms with van der Waals surface area (Å²) in [6.45, 7) is 5.38. The zero-order valence-corrected chi connectivity index (χ0v) is 12.5. The molecule has 21 heavy (non-hydrogen) atoms. The van der Waals surface area contributed by atoms with Gasteiger partial charge < -0.3 is 14.6 Å². The molecule has 0 spiro atoms. The summed E-state index contributed by atoms with van der Waals surface area (Å²) in [5.74, 6) is 0.560. The zero-order valence-electron chi connectivity index (χ0n) is 12.5. The van der Waals surface area contributed by atoms with Crippen molar-refractivity contribution < 1.29 is 19.4 Å². The normalized spacial score (nSPS) is 19.2. The molecule has 1 aliphatic rings. The summed E-state index contributed by atoms with van der Waals surface area (Å²) in [5, 5.41) is 9.08. The van der Waals surface area contributed by atoms with E-state index < -0.39 is 5.97 Å². The molecule has 1 N–H and O–H groups in total. The molecule has 5 heteroatoms. The van der Waals surface area contributed by atoms with Gasteiger partial charge in [-0.2, -0.15) is 0 Å². The van der Waals surface area contributed by atoms with Crippen LogP contribution >= 0.6 is 0 Å². The van der Waals surface area contributed by atoms with Crippen molar-refractivity contribution in [1.29, 1.82) is 0 Å². The van der Waals surface area contributed by atoms with E-state index in [1.807, 2.05) is 31.2 Å². The van der Waals surface area contributed by atoms with Crippen LogP contribution in [0.15, 0.2) is 24.3 Å². The molecule has 5 nitrogen and oxygen atoms in total. The number of nitrogens with zero attached hydrogens (tertiary/aromatic N) is 1. The van der Waals surface area contributed by atoms with Crippen molar-refractivity contribution in [2.24, 2.45) is 5.92 Å². The minimum Gasteiger partial charge on any atom is -0.490 e. The van der Waals surface area contributed by atoms with Crippen LogP contribution in [0.4, 0.5) is 0 Å². The number of likely N-dealkylation sites (tertiary alicyclic amines) is 1. The average Bonchev–Trinajstić information content (AvgIpc) is 2.49. The number of carboxylic acid groups (broad SMARTS) is 1.